The minimum Gasteiger partial charge on any atom is -0.491 e. The summed E-state index contributed by atoms with van der Waals surface area (Å²) in [5, 5.41) is 0. The number of halogens is 1. The number of rotatable bonds is 3. The molecule has 2 N–H and O–H groups in total. The van der Waals surface area contributed by atoms with Gasteiger partial charge in [-0.05, 0) is 31.5 Å². The van der Waals surface area contributed by atoms with Gasteiger partial charge in [0, 0.05) is 6.04 Å². The van der Waals surface area contributed by atoms with E-state index in [2.05, 4.69) is 0 Å². The summed E-state index contributed by atoms with van der Waals surface area (Å²) < 4.78 is 18.3. The predicted molar refractivity (Wildman–Crippen MR) is 50.2 cm³/mol. The SMILES string of the molecule is CCOc1ccc(C(C)N)cc1F. The Bertz CT molecular complexity index is 286. The van der Waals surface area contributed by atoms with Gasteiger partial charge < -0.3 is 10.5 Å². The summed E-state index contributed by atoms with van der Waals surface area (Å²) >= 11 is 0. The highest BCUT2D eigenvalue weighted by Gasteiger charge is 2.06. The van der Waals surface area contributed by atoms with Crippen molar-refractivity contribution in [1.29, 1.82) is 0 Å². The highest BCUT2D eigenvalue weighted by atomic mass is 19.1. The number of benzene rings is 1. The van der Waals surface area contributed by atoms with Crippen LogP contribution in [0.15, 0.2) is 18.2 Å². The van der Waals surface area contributed by atoms with Crippen LogP contribution in [0.3, 0.4) is 0 Å². The Hall–Kier alpha value is -1.09. The first-order chi connectivity index (χ1) is 6.15. The molecule has 0 aromatic heterocycles. The molecular formula is C10H14FNO. The van der Waals surface area contributed by atoms with Crippen molar-refractivity contribution in [2.75, 3.05) is 6.61 Å². The summed E-state index contributed by atoms with van der Waals surface area (Å²) in [7, 11) is 0. The van der Waals surface area contributed by atoms with Gasteiger partial charge in [0.25, 0.3) is 0 Å². The molecule has 1 atom stereocenters. The van der Waals surface area contributed by atoms with Gasteiger partial charge in [-0.25, -0.2) is 4.39 Å². The van der Waals surface area contributed by atoms with Crippen LogP contribution in [0.4, 0.5) is 4.39 Å². The first kappa shape index (κ1) is 9.99. The van der Waals surface area contributed by atoms with E-state index in [1.807, 2.05) is 13.8 Å². The van der Waals surface area contributed by atoms with Crippen LogP contribution in [0.5, 0.6) is 5.75 Å². The van der Waals surface area contributed by atoms with Crippen LogP contribution in [0.2, 0.25) is 0 Å². The molecule has 1 unspecified atom stereocenters. The average molecular weight is 183 g/mol. The number of hydrogen-bond donors (Lipinski definition) is 1. The smallest absolute Gasteiger partial charge is 0.165 e. The van der Waals surface area contributed by atoms with E-state index in [-0.39, 0.29) is 17.6 Å². The summed E-state index contributed by atoms with van der Waals surface area (Å²) in [5.74, 6) is -0.0662. The van der Waals surface area contributed by atoms with Gasteiger partial charge in [-0.3, -0.25) is 0 Å². The Morgan fingerprint density at radius 2 is 2.23 bits per heavy atom. The monoisotopic (exact) mass is 183 g/mol. The quantitative estimate of drug-likeness (QED) is 0.780. The van der Waals surface area contributed by atoms with E-state index in [1.165, 1.54) is 6.07 Å². The number of hydrogen-bond acceptors (Lipinski definition) is 2. The van der Waals surface area contributed by atoms with Crippen molar-refractivity contribution in [1.82, 2.24) is 0 Å². The lowest BCUT2D eigenvalue weighted by atomic mass is 10.1. The molecule has 2 nitrogen and oxygen atoms in total. The maximum absolute atomic E-state index is 13.2. The predicted octanol–water partition coefficient (Wildman–Crippen LogP) is 2.24. The minimum absolute atomic E-state index is 0.148. The molecule has 0 amide bonds. The van der Waals surface area contributed by atoms with Crippen molar-refractivity contribution in [2.24, 2.45) is 5.73 Å². The Labute approximate surface area is 77.5 Å². The molecular weight excluding hydrogens is 169 g/mol. The lowest BCUT2D eigenvalue weighted by molar-refractivity contribution is 0.321. The minimum atomic E-state index is -0.350. The fourth-order valence-corrected chi connectivity index (χ4v) is 1.07. The summed E-state index contributed by atoms with van der Waals surface area (Å²) in [6, 6.07) is 4.65. The molecule has 0 saturated carbocycles. The molecule has 72 valence electrons. The maximum Gasteiger partial charge on any atom is 0.165 e. The molecule has 1 aromatic rings. The zero-order chi connectivity index (χ0) is 9.84. The second kappa shape index (κ2) is 4.23. The maximum atomic E-state index is 13.2. The first-order valence-corrected chi connectivity index (χ1v) is 4.33. The standard InChI is InChI=1S/C10H14FNO/c1-3-13-10-5-4-8(7(2)12)6-9(10)11/h4-7H,3,12H2,1-2H3. The van der Waals surface area contributed by atoms with E-state index >= 15 is 0 Å². The molecule has 0 radical (unpaired) electrons. The zero-order valence-corrected chi connectivity index (χ0v) is 7.88. The second-order valence-corrected chi connectivity index (χ2v) is 2.91. The fraction of sp³-hybridized carbons (Fsp3) is 0.400. The fourth-order valence-electron chi connectivity index (χ4n) is 1.07. The van der Waals surface area contributed by atoms with E-state index in [0.29, 0.717) is 6.61 Å². The summed E-state index contributed by atoms with van der Waals surface area (Å²) in [4.78, 5) is 0. The van der Waals surface area contributed by atoms with E-state index < -0.39 is 0 Å². The Kier molecular flexibility index (Phi) is 3.25. The van der Waals surface area contributed by atoms with Gasteiger partial charge in [0.05, 0.1) is 6.61 Å². The molecule has 3 heteroatoms. The van der Waals surface area contributed by atoms with Crippen molar-refractivity contribution >= 4 is 0 Å². The summed E-state index contributed by atoms with van der Waals surface area (Å²) in [6.45, 7) is 4.10. The molecule has 13 heavy (non-hydrogen) atoms. The van der Waals surface area contributed by atoms with E-state index in [0.717, 1.165) is 5.56 Å². The topological polar surface area (TPSA) is 35.2 Å². The van der Waals surface area contributed by atoms with E-state index in [9.17, 15) is 4.39 Å². The van der Waals surface area contributed by atoms with Gasteiger partial charge in [-0.1, -0.05) is 6.07 Å². The van der Waals surface area contributed by atoms with Crippen molar-refractivity contribution in [3.8, 4) is 5.75 Å². The van der Waals surface area contributed by atoms with Crippen LogP contribution in [-0.4, -0.2) is 6.61 Å². The number of nitrogens with two attached hydrogens (primary N) is 1. The summed E-state index contributed by atoms with van der Waals surface area (Å²) in [6.07, 6.45) is 0. The van der Waals surface area contributed by atoms with Crippen LogP contribution in [0, 0.1) is 5.82 Å². The largest absolute Gasteiger partial charge is 0.491 e. The van der Waals surface area contributed by atoms with Gasteiger partial charge in [-0.15, -0.1) is 0 Å². The van der Waals surface area contributed by atoms with Crippen LogP contribution < -0.4 is 10.5 Å². The normalized spacial score (nSPS) is 12.6. The van der Waals surface area contributed by atoms with Crippen LogP contribution in [0.1, 0.15) is 25.5 Å². The average Bonchev–Trinajstić information content (AvgIpc) is 2.08. The Morgan fingerprint density at radius 1 is 1.54 bits per heavy atom. The lowest BCUT2D eigenvalue weighted by Crippen LogP contribution is -2.05. The lowest BCUT2D eigenvalue weighted by Gasteiger charge is -2.08. The summed E-state index contributed by atoms with van der Waals surface area (Å²) in [5.41, 5.74) is 6.38. The number of ether oxygens (including phenoxy) is 1. The van der Waals surface area contributed by atoms with E-state index in [1.54, 1.807) is 12.1 Å². The van der Waals surface area contributed by atoms with Crippen molar-refractivity contribution in [2.45, 2.75) is 19.9 Å². The third-order valence-electron chi connectivity index (χ3n) is 1.78. The van der Waals surface area contributed by atoms with Crippen molar-refractivity contribution < 1.29 is 9.13 Å². The highest BCUT2D eigenvalue weighted by Crippen LogP contribution is 2.20. The zero-order valence-electron chi connectivity index (χ0n) is 7.88. The highest BCUT2D eigenvalue weighted by molar-refractivity contribution is 5.30. The third-order valence-corrected chi connectivity index (χ3v) is 1.78. The second-order valence-electron chi connectivity index (χ2n) is 2.91. The van der Waals surface area contributed by atoms with Gasteiger partial charge in [0.15, 0.2) is 11.6 Å². The van der Waals surface area contributed by atoms with Gasteiger partial charge in [-0.2, -0.15) is 0 Å². The molecule has 1 aromatic carbocycles. The molecule has 0 saturated heterocycles. The van der Waals surface area contributed by atoms with E-state index in [4.69, 9.17) is 10.5 Å². The van der Waals surface area contributed by atoms with Gasteiger partial charge >= 0.3 is 0 Å². The van der Waals surface area contributed by atoms with Crippen LogP contribution in [-0.2, 0) is 0 Å². The van der Waals surface area contributed by atoms with Crippen LogP contribution in [0.25, 0.3) is 0 Å². The van der Waals surface area contributed by atoms with Crippen molar-refractivity contribution in [3.05, 3.63) is 29.6 Å². The van der Waals surface area contributed by atoms with Gasteiger partial charge in [0.2, 0.25) is 0 Å². The molecule has 0 fully saturated rings. The third kappa shape index (κ3) is 2.42. The molecule has 0 spiro atoms. The first-order valence-electron chi connectivity index (χ1n) is 4.33. The molecule has 0 aliphatic heterocycles. The molecule has 1 rings (SSSR count). The van der Waals surface area contributed by atoms with Gasteiger partial charge in [0.1, 0.15) is 0 Å². The van der Waals surface area contributed by atoms with Crippen LogP contribution >= 0.6 is 0 Å². The Balaban J connectivity index is 2.92. The molecule has 0 aliphatic rings. The van der Waals surface area contributed by atoms with Crippen molar-refractivity contribution in [3.63, 3.8) is 0 Å². The molecule has 0 aliphatic carbocycles. The Morgan fingerprint density at radius 3 is 2.69 bits per heavy atom. The molecule has 0 heterocycles. The molecule has 0 bridgehead atoms.